The fourth-order valence-corrected chi connectivity index (χ4v) is 7.14. The maximum atomic E-state index is 14.0. The van der Waals surface area contributed by atoms with Gasteiger partial charge in [0.25, 0.3) is 10.2 Å². The summed E-state index contributed by atoms with van der Waals surface area (Å²) in [6.07, 6.45) is -0.261. The van der Waals surface area contributed by atoms with E-state index in [9.17, 15) is 34.6 Å². The first-order valence-electron chi connectivity index (χ1n) is 21.5. The Balaban J connectivity index is 1.72. The van der Waals surface area contributed by atoms with Crippen LogP contribution in [0.5, 0.6) is 23.0 Å². The van der Waals surface area contributed by atoms with Crippen LogP contribution in [0.2, 0.25) is 0 Å². The Hall–Kier alpha value is -6.83. The standard InChI is InChI=1S/C46H61N5O15/c1-29(2)34(19-31-15-16-39(60-7)41(22-31)61-18-10-17-59-6)23-38(49-44(53)64-35-13-8-11-32(20-35)26-62-50(55)56)40(24-37(30(3)4)43(52)48-28-46(5)25-42(46)47)66-45(54)65-36-14-9-12-33(21-36)27-63-51(57)58/h8-9,11-16,20-22,25,29-30,34,37-38,40H,10,17-19,23-24,26-28,47H2,1-7H3,(H,48,52)(H,49,53). The lowest BCUT2D eigenvalue weighted by Crippen LogP contribution is -2.50. The van der Waals surface area contributed by atoms with Gasteiger partial charge in [0, 0.05) is 43.7 Å². The molecule has 4 rings (SSSR count). The van der Waals surface area contributed by atoms with Crippen LogP contribution >= 0.6 is 0 Å². The van der Waals surface area contributed by atoms with Crippen molar-refractivity contribution in [3.63, 3.8) is 0 Å². The van der Waals surface area contributed by atoms with E-state index in [2.05, 4.69) is 20.3 Å². The first-order chi connectivity index (χ1) is 31.4. The van der Waals surface area contributed by atoms with Gasteiger partial charge < -0.3 is 54.5 Å². The zero-order valence-electron chi connectivity index (χ0n) is 38.4. The van der Waals surface area contributed by atoms with E-state index in [0.717, 1.165) is 5.56 Å². The lowest BCUT2D eigenvalue weighted by Gasteiger charge is -2.34. The highest BCUT2D eigenvalue weighted by Gasteiger charge is 2.40. The molecule has 5 unspecified atom stereocenters. The Morgan fingerprint density at radius 1 is 0.788 bits per heavy atom. The summed E-state index contributed by atoms with van der Waals surface area (Å²) >= 11 is 0. The lowest BCUT2D eigenvalue weighted by atomic mass is 9.80. The fourth-order valence-electron chi connectivity index (χ4n) is 7.14. The molecule has 5 atom stereocenters. The zero-order valence-corrected chi connectivity index (χ0v) is 38.4. The van der Waals surface area contributed by atoms with Gasteiger partial charge in [-0.25, -0.2) is 9.59 Å². The summed E-state index contributed by atoms with van der Waals surface area (Å²) in [6, 6.07) is 16.5. The minimum atomic E-state index is -1.22. The summed E-state index contributed by atoms with van der Waals surface area (Å²) in [7, 11) is 3.17. The number of benzene rings is 3. The maximum absolute atomic E-state index is 14.0. The number of hydrogen-bond donors (Lipinski definition) is 3. The number of amides is 2. The molecule has 4 N–H and O–H groups in total. The molecule has 3 aromatic carbocycles. The third-order valence-corrected chi connectivity index (χ3v) is 11.2. The number of hydrogen-bond acceptors (Lipinski definition) is 16. The van der Waals surface area contributed by atoms with Gasteiger partial charge in [0.2, 0.25) is 5.91 Å². The molecule has 1 aliphatic rings. The van der Waals surface area contributed by atoms with Gasteiger partial charge in [-0.05, 0) is 97.0 Å². The summed E-state index contributed by atoms with van der Waals surface area (Å²) in [5.74, 6) is -0.474. The number of carbonyl (C=O) groups excluding carboxylic acids is 3. The molecule has 0 saturated carbocycles. The second kappa shape index (κ2) is 25.0. The molecule has 3 aromatic rings. The Kier molecular flexibility index (Phi) is 19.6. The molecule has 66 heavy (non-hydrogen) atoms. The fraction of sp³-hybridized carbons (Fsp3) is 0.500. The molecule has 360 valence electrons. The molecule has 0 aromatic heterocycles. The number of rotatable bonds is 28. The van der Waals surface area contributed by atoms with Crippen molar-refractivity contribution < 1.29 is 62.7 Å². The van der Waals surface area contributed by atoms with E-state index in [1.54, 1.807) is 26.4 Å². The molecule has 0 heterocycles. The molecular formula is C46H61N5O15. The predicted molar refractivity (Wildman–Crippen MR) is 238 cm³/mol. The Bertz CT molecular complexity index is 2150. The molecule has 20 heteroatoms. The van der Waals surface area contributed by atoms with Crippen LogP contribution < -0.4 is 35.3 Å². The molecule has 0 spiro atoms. The Morgan fingerprint density at radius 2 is 1.41 bits per heavy atom. The van der Waals surface area contributed by atoms with Crippen LogP contribution in [0, 0.1) is 49.3 Å². The van der Waals surface area contributed by atoms with Crippen LogP contribution in [0.1, 0.15) is 70.6 Å². The molecule has 0 fully saturated rings. The predicted octanol–water partition coefficient (Wildman–Crippen LogP) is 7.11. The maximum Gasteiger partial charge on any atom is 0.514 e. The third-order valence-electron chi connectivity index (χ3n) is 11.2. The van der Waals surface area contributed by atoms with Gasteiger partial charge >= 0.3 is 12.2 Å². The molecule has 0 aliphatic heterocycles. The van der Waals surface area contributed by atoms with Gasteiger partial charge in [-0.1, -0.05) is 64.1 Å². The van der Waals surface area contributed by atoms with Crippen molar-refractivity contribution in [2.75, 3.05) is 34.0 Å². The van der Waals surface area contributed by atoms with Gasteiger partial charge in [-0.2, -0.15) is 0 Å². The highest BCUT2D eigenvalue weighted by atomic mass is 17.0. The van der Waals surface area contributed by atoms with Crippen LogP contribution in [-0.2, 0) is 43.6 Å². The molecular weight excluding hydrogens is 863 g/mol. The summed E-state index contributed by atoms with van der Waals surface area (Å²) in [6.45, 7) is 10.0. The van der Waals surface area contributed by atoms with E-state index in [1.807, 2.05) is 58.9 Å². The van der Waals surface area contributed by atoms with Crippen molar-refractivity contribution in [2.45, 2.75) is 85.7 Å². The first-order valence-corrected chi connectivity index (χ1v) is 21.5. The highest BCUT2D eigenvalue weighted by molar-refractivity contribution is 5.79. The van der Waals surface area contributed by atoms with E-state index in [-0.39, 0.29) is 61.2 Å². The van der Waals surface area contributed by atoms with Crippen LogP contribution in [-0.4, -0.2) is 74.5 Å². The number of carbonyl (C=O) groups is 3. The zero-order chi connectivity index (χ0) is 48.4. The van der Waals surface area contributed by atoms with Crippen LogP contribution in [0.15, 0.2) is 78.5 Å². The van der Waals surface area contributed by atoms with Crippen molar-refractivity contribution in [3.05, 3.63) is 115 Å². The van der Waals surface area contributed by atoms with Crippen molar-refractivity contribution in [3.8, 4) is 23.0 Å². The van der Waals surface area contributed by atoms with E-state index in [4.69, 9.17) is 34.2 Å². The second-order valence-corrected chi connectivity index (χ2v) is 16.9. The van der Waals surface area contributed by atoms with Gasteiger partial charge in [0.15, 0.2) is 11.5 Å². The van der Waals surface area contributed by atoms with E-state index >= 15 is 0 Å². The highest BCUT2D eigenvalue weighted by Crippen LogP contribution is 2.39. The second-order valence-electron chi connectivity index (χ2n) is 16.9. The van der Waals surface area contributed by atoms with Crippen LogP contribution in [0.3, 0.4) is 0 Å². The van der Waals surface area contributed by atoms with Gasteiger partial charge in [0.1, 0.15) is 30.8 Å². The van der Waals surface area contributed by atoms with Crippen molar-refractivity contribution in [2.24, 2.45) is 34.8 Å². The Labute approximate surface area is 383 Å². The summed E-state index contributed by atoms with van der Waals surface area (Å²) < 4.78 is 34.2. The minimum Gasteiger partial charge on any atom is -0.493 e. The smallest absolute Gasteiger partial charge is 0.493 e. The number of nitrogens with zero attached hydrogens (tertiary/aromatic N) is 2. The number of methoxy groups -OCH3 is 2. The molecule has 2 amide bonds. The van der Waals surface area contributed by atoms with Crippen molar-refractivity contribution in [1.29, 1.82) is 0 Å². The average molecular weight is 924 g/mol. The molecule has 0 bridgehead atoms. The number of ether oxygens (including phenoxy) is 6. The average Bonchev–Trinajstić information content (AvgIpc) is 3.88. The molecule has 20 nitrogen and oxygen atoms in total. The lowest BCUT2D eigenvalue weighted by molar-refractivity contribution is -0.763. The summed E-state index contributed by atoms with van der Waals surface area (Å²) in [5.41, 5.74) is 7.80. The molecule has 0 radical (unpaired) electrons. The molecule has 1 aliphatic carbocycles. The van der Waals surface area contributed by atoms with E-state index < -0.39 is 52.5 Å². The quantitative estimate of drug-likeness (QED) is 0.0215. The van der Waals surface area contributed by atoms with E-state index in [0.29, 0.717) is 54.4 Å². The van der Waals surface area contributed by atoms with Crippen LogP contribution in [0.4, 0.5) is 9.59 Å². The monoisotopic (exact) mass is 923 g/mol. The summed E-state index contributed by atoms with van der Waals surface area (Å²) in [4.78, 5) is 72.5. The van der Waals surface area contributed by atoms with Gasteiger partial charge in [-0.15, -0.1) is 20.2 Å². The summed E-state index contributed by atoms with van der Waals surface area (Å²) in [5, 5.41) is 25.7. The third kappa shape index (κ3) is 16.9. The normalized spacial score (nSPS) is 15.9. The van der Waals surface area contributed by atoms with E-state index in [1.165, 1.54) is 36.4 Å². The first kappa shape index (κ1) is 51.8. The van der Waals surface area contributed by atoms with Crippen molar-refractivity contribution >= 4 is 18.2 Å². The minimum absolute atomic E-state index is 0.00576. The van der Waals surface area contributed by atoms with Crippen molar-refractivity contribution in [1.82, 2.24) is 10.6 Å². The number of nitrogens with two attached hydrogens (primary N) is 1. The molecule has 0 saturated heterocycles. The number of nitrogens with one attached hydrogen (secondary N) is 2. The Morgan fingerprint density at radius 3 is 1.95 bits per heavy atom. The topological polar surface area (TPSA) is 261 Å². The largest absolute Gasteiger partial charge is 0.514 e. The van der Waals surface area contributed by atoms with Gasteiger partial charge in [-0.3, -0.25) is 4.79 Å². The van der Waals surface area contributed by atoms with Crippen LogP contribution in [0.25, 0.3) is 0 Å². The van der Waals surface area contributed by atoms with Gasteiger partial charge in [0.05, 0.1) is 19.8 Å². The SMILES string of the molecule is COCCCOc1cc(CC(CC(NC(=O)Oc2cccc(CO[N+](=O)[O-])c2)C(CC(C(=O)NCC2(C)C=C2N)C(C)C)OC(=O)Oc2cccc(CO[N+](=O)[O-])c2)C(C)C)ccc1OC.